The number of thiophene rings is 1. The van der Waals surface area contributed by atoms with Gasteiger partial charge in [-0.15, -0.1) is 11.3 Å². The van der Waals surface area contributed by atoms with Crippen molar-refractivity contribution in [2.45, 2.75) is 25.4 Å². The Kier molecular flexibility index (Phi) is 4.79. The monoisotopic (exact) mass is 317 g/mol. The smallest absolute Gasteiger partial charge is 0.249 e. The number of hydrogen-bond donors (Lipinski definition) is 2. The molecule has 0 atom stereocenters. The van der Waals surface area contributed by atoms with E-state index in [4.69, 9.17) is 5.73 Å². The molecule has 1 fully saturated rings. The highest BCUT2D eigenvalue weighted by molar-refractivity contribution is 7.88. The van der Waals surface area contributed by atoms with Crippen molar-refractivity contribution in [3.05, 3.63) is 21.9 Å². The molecular weight excluding hydrogens is 298 g/mol. The Labute approximate surface area is 123 Å². The molecule has 0 aliphatic carbocycles. The number of nitrogens with one attached hydrogen (secondary N) is 1. The van der Waals surface area contributed by atoms with E-state index in [1.165, 1.54) is 21.9 Å². The lowest BCUT2D eigenvalue weighted by molar-refractivity contribution is 0.100. The van der Waals surface area contributed by atoms with E-state index in [1.54, 1.807) is 11.4 Å². The number of carbonyl (C=O) groups is 1. The third-order valence-corrected chi connectivity index (χ3v) is 5.67. The van der Waals surface area contributed by atoms with Gasteiger partial charge in [0.1, 0.15) is 0 Å². The zero-order valence-electron chi connectivity index (χ0n) is 11.3. The van der Waals surface area contributed by atoms with Gasteiger partial charge in [0.05, 0.1) is 11.8 Å². The van der Waals surface area contributed by atoms with Crippen molar-refractivity contribution >= 4 is 27.3 Å². The summed E-state index contributed by atoms with van der Waals surface area (Å²) in [4.78, 5) is 12.1. The molecule has 0 spiro atoms. The second kappa shape index (κ2) is 6.21. The first-order chi connectivity index (χ1) is 9.36. The van der Waals surface area contributed by atoms with E-state index in [0.29, 0.717) is 31.2 Å². The van der Waals surface area contributed by atoms with E-state index in [-0.39, 0.29) is 0 Å². The van der Waals surface area contributed by atoms with Crippen LogP contribution in [0.3, 0.4) is 0 Å². The highest BCUT2D eigenvalue weighted by Crippen LogP contribution is 2.17. The zero-order valence-corrected chi connectivity index (χ0v) is 13.0. The maximum absolute atomic E-state index is 11.4. The molecule has 3 N–H and O–H groups in total. The van der Waals surface area contributed by atoms with Crippen molar-refractivity contribution < 1.29 is 13.2 Å². The van der Waals surface area contributed by atoms with Gasteiger partial charge in [0, 0.05) is 35.9 Å². The number of carbonyl (C=O) groups excluding carboxylic acids is 1. The van der Waals surface area contributed by atoms with Crippen molar-refractivity contribution in [2.75, 3.05) is 19.3 Å². The molecular formula is C12H19N3O3S2. The van der Waals surface area contributed by atoms with Crippen molar-refractivity contribution in [1.29, 1.82) is 0 Å². The summed E-state index contributed by atoms with van der Waals surface area (Å²) >= 11 is 1.50. The van der Waals surface area contributed by atoms with Gasteiger partial charge in [-0.3, -0.25) is 4.79 Å². The predicted octanol–water partition coefficient (Wildman–Crippen LogP) is 0.361. The summed E-state index contributed by atoms with van der Waals surface area (Å²) in [5.74, 6) is -0.408. The van der Waals surface area contributed by atoms with Crippen LogP contribution < -0.4 is 11.1 Å². The summed E-state index contributed by atoms with van der Waals surface area (Å²) in [6.45, 7) is 1.81. The van der Waals surface area contributed by atoms with Crippen LogP contribution in [0.15, 0.2) is 11.4 Å². The van der Waals surface area contributed by atoms with Crippen LogP contribution in [0.4, 0.5) is 0 Å². The number of piperidine rings is 1. The molecule has 20 heavy (non-hydrogen) atoms. The minimum atomic E-state index is -3.07. The molecule has 6 nitrogen and oxygen atoms in total. The number of nitrogens with zero attached hydrogens (tertiary/aromatic N) is 1. The van der Waals surface area contributed by atoms with E-state index in [0.717, 1.165) is 17.7 Å². The Bertz CT molecular complexity index is 575. The highest BCUT2D eigenvalue weighted by atomic mass is 32.2. The molecule has 8 heteroatoms. The molecule has 0 radical (unpaired) electrons. The summed E-state index contributed by atoms with van der Waals surface area (Å²) in [6.07, 6.45) is 2.86. The Morgan fingerprint density at radius 3 is 2.65 bits per heavy atom. The molecule has 2 heterocycles. The number of amides is 1. The normalized spacial score (nSPS) is 18.2. The van der Waals surface area contributed by atoms with Crippen molar-refractivity contribution in [3.8, 4) is 0 Å². The first-order valence-electron chi connectivity index (χ1n) is 6.42. The lowest BCUT2D eigenvalue weighted by Crippen LogP contribution is -2.44. The molecule has 1 aliphatic rings. The van der Waals surface area contributed by atoms with Gasteiger partial charge in [-0.1, -0.05) is 0 Å². The Balaban J connectivity index is 1.80. The van der Waals surface area contributed by atoms with Gasteiger partial charge in [0.25, 0.3) is 0 Å². The quantitative estimate of drug-likeness (QED) is 0.820. The first kappa shape index (κ1) is 15.4. The largest absolute Gasteiger partial charge is 0.366 e. The average molecular weight is 317 g/mol. The lowest BCUT2D eigenvalue weighted by Gasteiger charge is -2.30. The molecule has 2 rings (SSSR count). The van der Waals surface area contributed by atoms with Crippen LogP contribution in [0.2, 0.25) is 0 Å². The number of rotatable bonds is 5. The number of sulfonamides is 1. The van der Waals surface area contributed by atoms with E-state index in [1.807, 2.05) is 0 Å². The predicted molar refractivity (Wildman–Crippen MR) is 79.1 cm³/mol. The fraction of sp³-hybridized carbons (Fsp3) is 0.583. The molecule has 1 amide bonds. The molecule has 0 unspecified atom stereocenters. The van der Waals surface area contributed by atoms with Crippen LogP contribution >= 0.6 is 11.3 Å². The maximum atomic E-state index is 11.4. The number of nitrogens with two attached hydrogens (primary N) is 1. The van der Waals surface area contributed by atoms with Gasteiger partial charge in [-0.2, -0.15) is 0 Å². The van der Waals surface area contributed by atoms with Gasteiger partial charge >= 0.3 is 0 Å². The minimum Gasteiger partial charge on any atom is -0.366 e. The standard InChI is InChI=1S/C12H19N3O3S2/c1-20(17,18)15-4-2-10(3-5-15)14-7-11-6-9(8-19-11)12(13)16/h6,8,10,14H,2-5,7H2,1H3,(H2,13,16). The molecule has 112 valence electrons. The maximum Gasteiger partial charge on any atom is 0.249 e. The second-order valence-electron chi connectivity index (χ2n) is 4.98. The highest BCUT2D eigenvalue weighted by Gasteiger charge is 2.24. The summed E-state index contributed by atoms with van der Waals surface area (Å²) in [5, 5.41) is 5.15. The zero-order chi connectivity index (χ0) is 14.8. The van der Waals surface area contributed by atoms with Crippen molar-refractivity contribution in [2.24, 2.45) is 5.73 Å². The van der Waals surface area contributed by atoms with Gasteiger partial charge in [-0.05, 0) is 18.9 Å². The fourth-order valence-corrected chi connectivity index (χ4v) is 3.94. The summed E-state index contributed by atoms with van der Waals surface area (Å²) in [7, 11) is -3.07. The van der Waals surface area contributed by atoms with Gasteiger partial charge < -0.3 is 11.1 Å². The summed E-state index contributed by atoms with van der Waals surface area (Å²) < 4.78 is 24.3. The van der Waals surface area contributed by atoms with Crippen LogP contribution in [0.25, 0.3) is 0 Å². The van der Waals surface area contributed by atoms with Crippen LogP contribution in [-0.2, 0) is 16.6 Å². The van der Waals surface area contributed by atoms with Crippen LogP contribution in [-0.4, -0.2) is 44.0 Å². The molecule has 1 aliphatic heterocycles. The molecule has 1 aromatic rings. The summed E-state index contributed by atoms with van der Waals surface area (Å²) in [6, 6.07) is 2.11. The summed E-state index contributed by atoms with van der Waals surface area (Å²) in [5.41, 5.74) is 5.75. The Morgan fingerprint density at radius 1 is 1.50 bits per heavy atom. The first-order valence-corrected chi connectivity index (χ1v) is 9.15. The Hall–Kier alpha value is -0.960. The van der Waals surface area contributed by atoms with E-state index in [9.17, 15) is 13.2 Å². The average Bonchev–Trinajstić information content (AvgIpc) is 2.85. The van der Waals surface area contributed by atoms with Gasteiger partial charge in [-0.25, -0.2) is 12.7 Å². The van der Waals surface area contributed by atoms with Gasteiger partial charge in [0.2, 0.25) is 15.9 Å². The molecule has 0 bridgehead atoms. The molecule has 0 aromatic carbocycles. The lowest BCUT2D eigenvalue weighted by atomic mass is 10.1. The van der Waals surface area contributed by atoms with Gasteiger partial charge in [0.15, 0.2) is 0 Å². The molecule has 1 saturated heterocycles. The van der Waals surface area contributed by atoms with Crippen LogP contribution in [0, 0.1) is 0 Å². The fourth-order valence-electron chi connectivity index (χ4n) is 2.24. The molecule has 1 aromatic heterocycles. The third-order valence-electron chi connectivity index (χ3n) is 3.43. The SMILES string of the molecule is CS(=O)(=O)N1CCC(NCc2cc(C(N)=O)cs2)CC1. The van der Waals surface area contributed by atoms with Crippen molar-refractivity contribution in [1.82, 2.24) is 9.62 Å². The van der Waals surface area contributed by atoms with E-state index < -0.39 is 15.9 Å². The van der Waals surface area contributed by atoms with E-state index in [2.05, 4.69) is 5.32 Å². The van der Waals surface area contributed by atoms with Crippen molar-refractivity contribution in [3.63, 3.8) is 0 Å². The van der Waals surface area contributed by atoms with Crippen LogP contribution in [0.1, 0.15) is 28.1 Å². The Morgan fingerprint density at radius 2 is 2.15 bits per heavy atom. The topological polar surface area (TPSA) is 92.5 Å². The van der Waals surface area contributed by atoms with Crippen LogP contribution in [0.5, 0.6) is 0 Å². The molecule has 0 saturated carbocycles. The number of hydrogen-bond acceptors (Lipinski definition) is 5. The second-order valence-corrected chi connectivity index (χ2v) is 7.96. The minimum absolute atomic E-state index is 0.312. The number of primary amides is 1. The third kappa shape index (κ3) is 4.02. The van der Waals surface area contributed by atoms with E-state index >= 15 is 0 Å².